The Labute approximate surface area is 260 Å². The number of aromatic carboxylic acids is 1. The van der Waals surface area contributed by atoms with E-state index < -0.39 is 22.6 Å². The lowest BCUT2D eigenvalue weighted by atomic mass is 9.67. The van der Waals surface area contributed by atoms with Crippen molar-refractivity contribution in [3.63, 3.8) is 0 Å². The average Bonchev–Trinajstić information content (AvgIpc) is 3.15. The molecule has 220 valence electrons. The van der Waals surface area contributed by atoms with E-state index in [2.05, 4.69) is 11.0 Å². The molecule has 1 amide bonds. The summed E-state index contributed by atoms with van der Waals surface area (Å²) in [6, 6.07) is 14.2. The zero-order valence-electron chi connectivity index (χ0n) is 23.8. The van der Waals surface area contributed by atoms with Gasteiger partial charge in [0.2, 0.25) is 0 Å². The molecule has 2 unspecified atom stereocenters. The predicted octanol–water partition coefficient (Wildman–Crippen LogP) is 8.65. The third-order valence-electron chi connectivity index (χ3n) is 8.17. The standard InChI is InChI=1S/C35H31Cl2FN2O3/c1-3-8-29(21-9-5-4-6-10-21)40-33(41)23-13-15-25(24(19-23)34(42)43)35(2)26(11-7-12-32(35)37)31-17-14-22-20-28(38)27(36)16-18-30(22)39-31/h4-7,9-13,15-16,19-20,29,32H,3,8,14,17H2,1-2H3,(H,40,41)(H,42,43)/t29-,32?,35?/m1/s1. The van der Waals surface area contributed by atoms with E-state index in [1.165, 1.54) is 18.2 Å². The molecule has 2 N–H and O–H groups in total. The van der Waals surface area contributed by atoms with E-state index in [0.29, 0.717) is 35.4 Å². The van der Waals surface area contributed by atoms with Crippen LogP contribution in [0.25, 0.3) is 0 Å². The maximum absolute atomic E-state index is 14.3. The van der Waals surface area contributed by atoms with Crippen LogP contribution in [0.3, 0.4) is 0 Å². The quantitative estimate of drug-likeness (QED) is 0.230. The number of hydrogen-bond donors (Lipinski definition) is 2. The van der Waals surface area contributed by atoms with Gasteiger partial charge in [0.05, 0.1) is 22.0 Å². The smallest absolute Gasteiger partial charge is 0.336 e. The number of carboxylic acid groups (broad SMARTS) is 1. The normalized spacial score (nSPS) is 22.0. The molecule has 0 spiro atoms. The van der Waals surface area contributed by atoms with Gasteiger partial charge in [-0.2, -0.15) is 0 Å². The molecule has 0 fully saturated rings. The van der Waals surface area contributed by atoms with Gasteiger partial charge in [-0.15, -0.1) is 11.6 Å². The van der Waals surface area contributed by atoms with Gasteiger partial charge in [0.1, 0.15) is 11.5 Å². The highest BCUT2D eigenvalue weighted by molar-refractivity contribution is 6.31. The molecule has 0 aromatic heterocycles. The van der Waals surface area contributed by atoms with Crippen LogP contribution in [-0.4, -0.2) is 28.1 Å². The number of nitrogens with one attached hydrogen (secondary N) is 1. The minimum absolute atomic E-state index is 0.0163. The Hall–Kier alpha value is -3.96. The fraction of sp³-hybridized carbons (Fsp3) is 0.257. The maximum atomic E-state index is 14.3. The summed E-state index contributed by atoms with van der Waals surface area (Å²) in [5, 5.41) is 12.8. The molecule has 0 saturated carbocycles. The molecule has 3 atom stereocenters. The molecule has 8 heteroatoms. The van der Waals surface area contributed by atoms with Crippen LogP contribution < -0.4 is 5.32 Å². The van der Waals surface area contributed by atoms with E-state index >= 15 is 0 Å². The molecule has 2 aliphatic carbocycles. The summed E-state index contributed by atoms with van der Waals surface area (Å²) >= 11 is 12.9. The summed E-state index contributed by atoms with van der Waals surface area (Å²) in [5.74, 6) is -2.06. The summed E-state index contributed by atoms with van der Waals surface area (Å²) in [4.78, 5) is 30.9. The van der Waals surface area contributed by atoms with Crippen molar-refractivity contribution < 1.29 is 19.1 Å². The van der Waals surface area contributed by atoms with Crippen LogP contribution in [0.1, 0.15) is 77.4 Å². The zero-order chi connectivity index (χ0) is 30.7. The van der Waals surface area contributed by atoms with Crippen molar-refractivity contribution in [1.29, 1.82) is 0 Å². The molecular formula is C35H31Cl2FN2O3. The number of nitrogens with zero attached hydrogens (tertiary/aromatic N) is 1. The van der Waals surface area contributed by atoms with Gasteiger partial charge in [-0.25, -0.2) is 14.2 Å². The number of halogens is 3. The van der Waals surface area contributed by atoms with Crippen LogP contribution in [-0.2, 0) is 5.41 Å². The molecule has 0 bridgehead atoms. The maximum Gasteiger partial charge on any atom is 0.336 e. The van der Waals surface area contributed by atoms with Crippen LogP contribution >= 0.6 is 23.2 Å². The first kappa shape index (κ1) is 30.5. The molecule has 1 aliphatic heterocycles. The van der Waals surface area contributed by atoms with E-state index in [9.17, 15) is 19.1 Å². The summed E-state index contributed by atoms with van der Waals surface area (Å²) in [7, 11) is 0. The monoisotopic (exact) mass is 616 g/mol. The van der Waals surface area contributed by atoms with Crippen LogP contribution in [0, 0.1) is 0 Å². The highest BCUT2D eigenvalue weighted by atomic mass is 35.5. The predicted molar refractivity (Wildman–Crippen MR) is 170 cm³/mol. The lowest BCUT2D eigenvalue weighted by Crippen LogP contribution is -2.40. The topological polar surface area (TPSA) is 78.8 Å². The Kier molecular flexibility index (Phi) is 9.03. The molecule has 5 nitrogen and oxygen atoms in total. The van der Waals surface area contributed by atoms with Gasteiger partial charge in [0, 0.05) is 22.8 Å². The highest BCUT2D eigenvalue weighted by Gasteiger charge is 2.43. The summed E-state index contributed by atoms with van der Waals surface area (Å²) in [6.45, 7) is 3.94. The molecule has 5 rings (SSSR count). The van der Waals surface area contributed by atoms with Gasteiger partial charge in [-0.1, -0.05) is 85.3 Å². The zero-order valence-corrected chi connectivity index (χ0v) is 25.3. The minimum atomic E-state index is -1.17. The van der Waals surface area contributed by atoms with Gasteiger partial charge in [-0.3, -0.25) is 4.79 Å². The largest absolute Gasteiger partial charge is 0.478 e. The van der Waals surface area contributed by atoms with Gasteiger partial charge < -0.3 is 10.4 Å². The number of alkyl halides is 1. The number of benzene rings is 2. The summed E-state index contributed by atoms with van der Waals surface area (Å²) in [5.41, 5.74) is 6.28. The Bertz CT molecular complexity index is 1700. The Morgan fingerprint density at radius 3 is 2.70 bits per heavy atom. The van der Waals surface area contributed by atoms with Crippen molar-refractivity contribution in [3.8, 4) is 0 Å². The molecule has 43 heavy (non-hydrogen) atoms. The number of allylic oxidation sites excluding steroid dienone is 8. The van der Waals surface area contributed by atoms with Gasteiger partial charge in [0.25, 0.3) is 5.91 Å². The third kappa shape index (κ3) is 6.09. The molecule has 2 aromatic rings. The number of hydrogen-bond acceptors (Lipinski definition) is 3. The second kappa shape index (κ2) is 12.7. The van der Waals surface area contributed by atoms with Gasteiger partial charge in [-0.05, 0) is 66.7 Å². The van der Waals surface area contributed by atoms with Crippen LogP contribution in [0.2, 0.25) is 0 Å². The number of amides is 1. The van der Waals surface area contributed by atoms with Crippen LogP contribution in [0.4, 0.5) is 4.39 Å². The lowest BCUT2D eigenvalue weighted by molar-refractivity contribution is 0.0694. The van der Waals surface area contributed by atoms with E-state index in [1.807, 2.05) is 62.4 Å². The average molecular weight is 618 g/mol. The first-order chi connectivity index (χ1) is 20.6. The summed E-state index contributed by atoms with van der Waals surface area (Å²) < 4.78 is 14.3. The Balaban J connectivity index is 1.52. The molecule has 0 saturated heterocycles. The van der Waals surface area contributed by atoms with Crippen molar-refractivity contribution in [3.05, 3.63) is 135 Å². The van der Waals surface area contributed by atoms with Gasteiger partial charge in [0.15, 0.2) is 0 Å². The SMILES string of the molecule is CCC[C@@H](NC(=O)c1ccc(C2(C)C(C3=NC4=C=CC(Cl)=C(F)C=C4CC3)=CC=CC2Cl)c(C(=O)O)c1)c1ccccc1. The molecule has 3 aliphatic rings. The molecular weight excluding hydrogens is 586 g/mol. The Morgan fingerprint density at radius 1 is 1.21 bits per heavy atom. The number of carbonyl (C=O) groups excluding carboxylic acids is 1. The van der Waals surface area contributed by atoms with Crippen molar-refractivity contribution in [2.24, 2.45) is 4.99 Å². The van der Waals surface area contributed by atoms with E-state index in [-0.39, 0.29) is 28.1 Å². The molecule has 1 heterocycles. The van der Waals surface area contributed by atoms with Crippen molar-refractivity contribution in [2.45, 2.75) is 56.4 Å². The number of fused-ring (bicyclic) bond motifs is 1. The van der Waals surface area contributed by atoms with E-state index in [1.54, 1.807) is 12.1 Å². The first-order valence-electron chi connectivity index (χ1n) is 14.2. The number of aliphatic imine (C=N–C) groups is 1. The number of carboxylic acids is 1. The lowest BCUT2D eigenvalue weighted by Gasteiger charge is -2.40. The Morgan fingerprint density at radius 2 is 1.98 bits per heavy atom. The molecule has 0 radical (unpaired) electrons. The number of rotatable bonds is 8. The van der Waals surface area contributed by atoms with E-state index in [0.717, 1.165) is 24.0 Å². The number of carbonyl (C=O) groups is 2. The highest BCUT2D eigenvalue weighted by Crippen LogP contribution is 2.45. The first-order valence-corrected chi connectivity index (χ1v) is 15.0. The second-order valence-corrected chi connectivity index (χ2v) is 11.8. The minimum Gasteiger partial charge on any atom is -0.478 e. The molecule has 2 aromatic carbocycles. The van der Waals surface area contributed by atoms with E-state index in [4.69, 9.17) is 28.2 Å². The summed E-state index contributed by atoms with van der Waals surface area (Å²) in [6.07, 6.45) is 10.9. The third-order valence-corrected chi connectivity index (χ3v) is 9.04. The van der Waals surface area contributed by atoms with Crippen molar-refractivity contribution in [1.82, 2.24) is 5.32 Å². The van der Waals surface area contributed by atoms with Crippen molar-refractivity contribution >= 4 is 40.8 Å². The fourth-order valence-electron chi connectivity index (χ4n) is 5.82. The van der Waals surface area contributed by atoms with Gasteiger partial charge >= 0.3 is 5.97 Å². The second-order valence-electron chi connectivity index (χ2n) is 10.9. The van der Waals surface area contributed by atoms with Crippen LogP contribution in [0.5, 0.6) is 0 Å². The van der Waals surface area contributed by atoms with Crippen molar-refractivity contribution in [2.75, 3.05) is 0 Å². The fourth-order valence-corrected chi connectivity index (χ4v) is 6.25. The van der Waals surface area contributed by atoms with Crippen LogP contribution in [0.15, 0.2) is 117 Å².